The van der Waals surface area contributed by atoms with Crippen molar-refractivity contribution in [3.8, 4) is 0 Å². The molecule has 0 fully saturated rings. The number of nitrogens with one attached hydrogen (secondary N) is 1. The molecule has 4 heteroatoms. The van der Waals surface area contributed by atoms with Crippen molar-refractivity contribution in [2.75, 3.05) is 11.9 Å². The van der Waals surface area contributed by atoms with E-state index in [1.165, 1.54) is 6.07 Å². The second-order valence-corrected chi connectivity index (χ2v) is 5.13. The number of hydrogen-bond acceptors (Lipinski definition) is 3. The van der Waals surface area contributed by atoms with Crippen LogP contribution in [0.3, 0.4) is 0 Å². The van der Waals surface area contributed by atoms with Gasteiger partial charge in [-0.1, -0.05) is 20.8 Å². The third-order valence-corrected chi connectivity index (χ3v) is 3.14. The number of anilines is 1. The highest BCUT2D eigenvalue weighted by Crippen LogP contribution is 2.24. The summed E-state index contributed by atoms with van der Waals surface area (Å²) < 4.78 is 0. The highest BCUT2D eigenvalue weighted by atomic mass is 16.6. The van der Waals surface area contributed by atoms with E-state index in [0.29, 0.717) is 0 Å². The van der Waals surface area contributed by atoms with Crippen molar-refractivity contribution in [3.63, 3.8) is 0 Å². The van der Waals surface area contributed by atoms with Gasteiger partial charge in [-0.25, -0.2) is 0 Å². The third kappa shape index (κ3) is 3.73. The maximum atomic E-state index is 10.6. The minimum absolute atomic E-state index is 0.141. The Morgan fingerprint density at radius 1 is 1.41 bits per heavy atom. The standard InChI is InChI=1S/C13H20N2O2/c1-5-13(3,4)9-14-12-7-6-11(15(16)17)8-10(12)2/h6-8,14H,5,9H2,1-4H3. The van der Waals surface area contributed by atoms with Crippen molar-refractivity contribution >= 4 is 11.4 Å². The van der Waals surface area contributed by atoms with Gasteiger partial charge in [-0.15, -0.1) is 0 Å². The van der Waals surface area contributed by atoms with Gasteiger partial charge in [-0.2, -0.15) is 0 Å². The van der Waals surface area contributed by atoms with Gasteiger partial charge in [-0.05, 0) is 30.4 Å². The number of nitro benzene ring substituents is 1. The van der Waals surface area contributed by atoms with Crippen LogP contribution in [0.4, 0.5) is 11.4 Å². The predicted molar refractivity (Wildman–Crippen MR) is 70.4 cm³/mol. The third-order valence-electron chi connectivity index (χ3n) is 3.14. The van der Waals surface area contributed by atoms with E-state index < -0.39 is 0 Å². The van der Waals surface area contributed by atoms with Crippen molar-refractivity contribution in [1.82, 2.24) is 0 Å². The first kappa shape index (κ1) is 13.5. The molecule has 4 nitrogen and oxygen atoms in total. The molecule has 0 aromatic heterocycles. The maximum absolute atomic E-state index is 10.6. The summed E-state index contributed by atoms with van der Waals surface area (Å²) in [6.45, 7) is 9.29. The van der Waals surface area contributed by atoms with E-state index in [-0.39, 0.29) is 16.0 Å². The smallest absolute Gasteiger partial charge is 0.269 e. The molecule has 0 amide bonds. The van der Waals surface area contributed by atoms with E-state index in [2.05, 4.69) is 26.1 Å². The van der Waals surface area contributed by atoms with Crippen LogP contribution in [0.1, 0.15) is 32.8 Å². The van der Waals surface area contributed by atoms with Crippen molar-refractivity contribution in [2.24, 2.45) is 5.41 Å². The molecule has 1 aromatic carbocycles. The first-order chi connectivity index (χ1) is 7.85. The zero-order valence-corrected chi connectivity index (χ0v) is 10.9. The Balaban J connectivity index is 2.77. The number of rotatable bonds is 5. The highest BCUT2D eigenvalue weighted by molar-refractivity contribution is 5.55. The molecule has 0 aliphatic rings. The second kappa shape index (κ2) is 5.17. The van der Waals surface area contributed by atoms with Gasteiger partial charge in [-0.3, -0.25) is 10.1 Å². The summed E-state index contributed by atoms with van der Waals surface area (Å²) in [5.74, 6) is 0. The molecular formula is C13H20N2O2. The lowest BCUT2D eigenvalue weighted by Crippen LogP contribution is -2.22. The van der Waals surface area contributed by atoms with Gasteiger partial charge in [0, 0.05) is 24.4 Å². The van der Waals surface area contributed by atoms with Crippen LogP contribution in [-0.2, 0) is 0 Å². The summed E-state index contributed by atoms with van der Waals surface area (Å²) >= 11 is 0. The van der Waals surface area contributed by atoms with E-state index >= 15 is 0 Å². The van der Waals surface area contributed by atoms with E-state index in [1.54, 1.807) is 12.1 Å². The summed E-state index contributed by atoms with van der Waals surface area (Å²) in [7, 11) is 0. The lowest BCUT2D eigenvalue weighted by atomic mass is 9.90. The number of aryl methyl sites for hydroxylation is 1. The van der Waals surface area contributed by atoms with Gasteiger partial charge in [0.15, 0.2) is 0 Å². The summed E-state index contributed by atoms with van der Waals surface area (Å²) in [6, 6.07) is 4.91. The quantitative estimate of drug-likeness (QED) is 0.625. The van der Waals surface area contributed by atoms with Crippen molar-refractivity contribution in [2.45, 2.75) is 34.1 Å². The molecule has 1 aromatic rings. The van der Waals surface area contributed by atoms with Gasteiger partial charge in [0.05, 0.1) is 4.92 Å². The highest BCUT2D eigenvalue weighted by Gasteiger charge is 2.15. The minimum Gasteiger partial charge on any atom is -0.384 e. The number of benzene rings is 1. The zero-order chi connectivity index (χ0) is 13.1. The molecule has 1 N–H and O–H groups in total. The molecular weight excluding hydrogens is 216 g/mol. The fourth-order valence-electron chi connectivity index (χ4n) is 1.42. The average Bonchev–Trinajstić information content (AvgIpc) is 2.27. The van der Waals surface area contributed by atoms with Crippen LogP contribution in [0, 0.1) is 22.5 Å². The molecule has 0 atom stereocenters. The summed E-state index contributed by atoms with van der Waals surface area (Å²) in [4.78, 5) is 10.2. The van der Waals surface area contributed by atoms with Crippen LogP contribution in [0.2, 0.25) is 0 Å². The molecule has 17 heavy (non-hydrogen) atoms. The number of nitrogens with zero attached hydrogens (tertiary/aromatic N) is 1. The van der Waals surface area contributed by atoms with Crippen LogP contribution in [0.5, 0.6) is 0 Å². The molecule has 94 valence electrons. The van der Waals surface area contributed by atoms with E-state index in [9.17, 15) is 10.1 Å². The number of hydrogen-bond donors (Lipinski definition) is 1. The first-order valence-corrected chi connectivity index (χ1v) is 5.84. The Hall–Kier alpha value is -1.58. The number of nitro groups is 1. The lowest BCUT2D eigenvalue weighted by molar-refractivity contribution is -0.384. The summed E-state index contributed by atoms with van der Waals surface area (Å²) in [6.07, 6.45) is 1.09. The van der Waals surface area contributed by atoms with Crippen LogP contribution in [0.25, 0.3) is 0 Å². The molecule has 0 bridgehead atoms. The molecule has 0 radical (unpaired) electrons. The molecule has 0 unspecified atom stereocenters. The van der Waals surface area contributed by atoms with Gasteiger partial charge >= 0.3 is 0 Å². The Morgan fingerprint density at radius 3 is 2.53 bits per heavy atom. The Labute approximate surface area is 102 Å². The van der Waals surface area contributed by atoms with Crippen LogP contribution < -0.4 is 5.32 Å². The normalized spacial score (nSPS) is 11.3. The average molecular weight is 236 g/mol. The molecule has 0 saturated heterocycles. The largest absolute Gasteiger partial charge is 0.384 e. The molecule has 0 heterocycles. The zero-order valence-electron chi connectivity index (χ0n) is 10.9. The predicted octanol–water partition coefficient (Wildman–Crippen LogP) is 3.75. The Morgan fingerprint density at radius 2 is 2.06 bits per heavy atom. The van der Waals surface area contributed by atoms with Gasteiger partial charge < -0.3 is 5.32 Å². The van der Waals surface area contributed by atoms with Crippen molar-refractivity contribution in [3.05, 3.63) is 33.9 Å². The summed E-state index contributed by atoms with van der Waals surface area (Å²) in [5, 5.41) is 14.0. The summed E-state index contributed by atoms with van der Waals surface area (Å²) in [5.41, 5.74) is 2.25. The van der Waals surface area contributed by atoms with Gasteiger partial charge in [0.2, 0.25) is 0 Å². The molecule has 0 saturated carbocycles. The maximum Gasteiger partial charge on any atom is 0.269 e. The van der Waals surface area contributed by atoms with Crippen LogP contribution in [0.15, 0.2) is 18.2 Å². The molecule has 1 rings (SSSR count). The topological polar surface area (TPSA) is 55.2 Å². The van der Waals surface area contributed by atoms with E-state index in [4.69, 9.17) is 0 Å². The SMILES string of the molecule is CCC(C)(C)CNc1ccc([N+](=O)[O-])cc1C. The molecule has 0 aliphatic heterocycles. The number of non-ortho nitro benzene ring substituents is 1. The molecule has 0 spiro atoms. The minimum atomic E-state index is -0.368. The van der Waals surface area contributed by atoms with Gasteiger partial charge in [0.1, 0.15) is 0 Å². The van der Waals surface area contributed by atoms with Crippen LogP contribution in [-0.4, -0.2) is 11.5 Å². The Kier molecular flexibility index (Phi) is 4.10. The molecule has 0 aliphatic carbocycles. The van der Waals surface area contributed by atoms with Crippen LogP contribution >= 0.6 is 0 Å². The monoisotopic (exact) mass is 236 g/mol. The second-order valence-electron chi connectivity index (χ2n) is 5.13. The Bertz CT molecular complexity index is 414. The fraction of sp³-hybridized carbons (Fsp3) is 0.538. The van der Waals surface area contributed by atoms with E-state index in [1.807, 2.05) is 6.92 Å². The fourth-order valence-corrected chi connectivity index (χ4v) is 1.42. The van der Waals surface area contributed by atoms with Crippen molar-refractivity contribution < 1.29 is 4.92 Å². The van der Waals surface area contributed by atoms with Gasteiger partial charge in [0.25, 0.3) is 5.69 Å². The van der Waals surface area contributed by atoms with Crippen molar-refractivity contribution in [1.29, 1.82) is 0 Å². The van der Waals surface area contributed by atoms with E-state index in [0.717, 1.165) is 24.2 Å². The lowest BCUT2D eigenvalue weighted by Gasteiger charge is -2.24. The first-order valence-electron chi connectivity index (χ1n) is 5.84.